The van der Waals surface area contributed by atoms with Crippen molar-refractivity contribution in [1.29, 1.82) is 0 Å². The Labute approximate surface area is 123 Å². The van der Waals surface area contributed by atoms with E-state index in [1.807, 2.05) is 18.5 Å². The lowest BCUT2D eigenvalue weighted by Crippen LogP contribution is -2.35. The third-order valence-corrected chi connectivity index (χ3v) is 3.76. The number of pyridine rings is 1. The van der Waals surface area contributed by atoms with Crippen LogP contribution in [0.15, 0.2) is 18.5 Å². The molecule has 0 unspecified atom stereocenters. The van der Waals surface area contributed by atoms with E-state index in [1.54, 1.807) is 0 Å². The average Bonchev–Trinajstić information content (AvgIpc) is 2.65. The van der Waals surface area contributed by atoms with Gasteiger partial charge in [-0.05, 0) is 52.5 Å². The summed E-state index contributed by atoms with van der Waals surface area (Å²) in [5.41, 5.74) is 1.27. The average molecular weight is 276 g/mol. The molecular weight excluding hydrogens is 248 g/mol. The smallest absolute Gasteiger partial charge is 0.127 e. The highest BCUT2D eigenvalue weighted by atomic mass is 16.5. The van der Waals surface area contributed by atoms with Crippen LogP contribution in [0, 0.1) is 0 Å². The Hall–Kier alpha value is -1.09. The van der Waals surface area contributed by atoms with Gasteiger partial charge < -0.3 is 10.1 Å². The van der Waals surface area contributed by atoms with Crippen LogP contribution in [0.5, 0.6) is 5.75 Å². The number of nitrogens with zero attached hydrogens (tertiary/aromatic N) is 1. The molecule has 0 amide bonds. The van der Waals surface area contributed by atoms with Crippen LogP contribution in [0.2, 0.25) is 0 Å². The molecular formula is C17H28N2O. The number of hydrogen-bond donors (Lipinski definition) is 1. The summed E-state index contributed by atoms with van der Waals surface area (Å²) >= 11 is 0. The fraction of sp³-hybridized carbons (Fsp3) is 0.706. The van der Waals surface area contributed by atoms with Gasteiger partial charge in [-0.3, -0.25) is 4.98 Å². The summed E-state index contributed by atoms with van der Waals surface area (Å²) in [6.45, 7) is 7.33. The van der Waals surface area contributed by atoms with Crippen LogP contribution in [-0.4, -0.2) is 16.6 Å². The van der Waals surface area contributed by atoms with Crippen molar-refractivity contribution in [3.05, 3.63) is 24.0 Å². The molecule has 1 aromatic heterocycles. The van der Waals surface area contributed by atoms with E-state index < -0.39 is 0 Å². The van der Waals surface area contributed by atoms with Gasteiger partial charge in [-0.25, -0.2) is 0 Å². The zero-order valence-corrected chi connectivity index (χ0v) is 13.1. The fourth-order valence-electron chi connectivity index (χ4n) is 2.56. The molecule has 3 nitrogen and oxygen atoms in total. The van der Waals surface area contributed by atoms with E-state index in [1.165, 1.54) is 38.5 Å². The van der Waals surface area contributed by atoms with E-state index in [0.29, 0.717) is 6.10 Å². The van der Waals surface area contributed by atoms with Crippen molar-refractivity contribution in [3.63, 3.8) is 0 Å². The summed E-state index contributed by atoms with van der Waals surface area (Å²) in [6, 6.07) is 2.00. The fourth-order valence-corrected chi connectivity index (χ4v) is 2.56. The topological polar surface area (TPSA) is 34.2 Å². The molecule has 1 N–H and O–H groups in total. The Bertz CT molecular complexity index is 404. The first-order valence-corrected chi connectivity index (χ1v) is 7.89. The van der Waals surface area contributed by atoms with Crippen LogP contribution in [0.3, 0.4) is 0 Å². The van der Waals surface area contributed by atoms with Crippen LogP contribution in [0.25, 0.3) is 0 Å². The number of rotatable bonds is 4. The van der Waals surface area contributed by atoms with Crippen LogP contribution in [0.1, 0.15) is 64.9 Å². The Balaban J connectivity index is 1.99. The number of aromatic nitrogens is 1. The van der Waals surface area contributed by atoms with Crippen molar-refractivity contribution >= 4 is 0 Å². The second kappa shape index (κ2) is 7.07. The molecule has 0 saturated heterocycles. The van der Waals surface area contributed by atoms with Gasteiger partial charge in [0, 0.05) is 30.0 Å². The van der Waals surface area contributed by atoms with Gasteiger partial charge in [0.2, 0.25) is 0 Å². The standard InChI is InChI=1S/C17H28N2O/c1-17(2,3)19-13-14-12-18-11-10-16(14)20-15-8-6-4-5-7-9-15/h10-12,15,19H,4-9,13H2,1-3H3. The molecule has 20 heavy (non-hydrogen) atoms. The molecule has 0 spiro atoms. The highest BCUT2D eigenvalue weighted by Gasteiger charge is 2.16. The summed E-state index contributed by atoms with van der Waals surface area (Å²) in [4.78, 5) is 4.24. The minimum Gasteiger partial charge on any atom is -0.490 e. The van der Waals surface area contributed by atoms with Crippen molar-refractivity contribution in [2.24, 2.45) is 0 Å². The largest absolute Gasteiger partial charge is 0.490 e. The molecule has 3 heteroatoms. The maximum absolute atomic E-state index is 6.25. The third kappa shape index (κ3) is 5.12. The molecule has 1 aliphatic carbocycles. The summed E-state index contributed by atoms with van der Waals surface area (Å²) in [5, 5.41) is 3.51. The van der Waals surface area contributed by atoms with Gasteiger partial charge in [0.15, 0.2) is 0 Å². The first kappa shape index (κ1) is 15.3. The molecule has 0 aliphatic heterocycles. The molecule has 112 valence electrons. The molecule has 1 aromatic rings. The predicted molar refractivity (Wildman–Crippen MR) is 82.9 cm³/mol. The Morgan fingerprint density at radius 3 is 2.55 bits per heavy atom. The van der Waals surface area contributed by atoms with E-state index in [9.17, 15) is 0 Å². The SMILES string of the molecule is CC(C)(C)NCc1cnccc1OC1CCCCCC1. The lowest BCUT2D eigenvalue weighted by atomic mass is 10.1. The number of nitrogens with one attached hydrogen (secondary N) is 1. The van der Waals surface area contributed by atoms with Gasteiger partial charge in [-0.1, -0.05) is 12.8 Å². The molecule has 1 aliphatic rings. The minimum absolute atomic E-state index is 0.107. The van der Waals surface area contributed by atoms with Crippen molar-refractivity contribution in [2.75, 3.05) is 0 Å². The van der Waals surface area contributed by atoms with E-state index in [0.717, 1.165) is 17.9 Å². The molecule has 0 atom stereocenters. The summed E-state index contributed by atoms with van der Waals surface area (Å²) < 4.78 is 6.25. The predicted octanol–water partition coefficient (Wildman–Crippen LogP) is 4.07. The Kier molecular flexibility index (Phi) is 5.41. The molecule has 1 fully saturated rings. The molecule has 1 heterocycles. The second-order valence-corrected chi connectivity index (χ2v) is 6.82. The first-order valence-electron chi connectivity index (χ1n) is 7.89. The van der Waals surface area contributed by atoms with Gasteiger partial charge in [-0.15, -0.1) is 0 Å². The van der Waals surface area contributed by atoms with Crippen LogP contribution < -0.4 is 10.1 Å². The summed E-state index contributed by atoms with van der Waals surface area (Å²) in [7, 11) is 0. The lowest BCUT2D eigenvalue weighted by molar-refractivity contribution is 0.181. The van der Waals surface area contributed by atoms with Crippen molar-refractivity contribution < 1.29 is 4.74 Å². The van der Waals surface area contributed by atoms with Crippen LogP contribution in [0.4, 0.5) is 0 Å². The lowest BCUT2D eigenvalue weighted by Gasteiger charge is -2.23. The normalized spacial score (nSPS) is 17.8. The number of ether oxygens (including phenoxy) is 1. The monoisotopic (exact) mass is 276 g/mol. The van der Waals surface area contributed by atoms with E-state index in [-0.39, 0.29) is 5.54 Å². The molecule has 0 radical (unpaired) electrons. The Morgan fingerprint density at radius 2 is 1.90 bits per heavy atom. The first-order chi connectivity index (χ1) is 9.54. The number of hydrogen-bond acceptors (Lipinski definition) is 3. The molecule has 1 saturated carbocycles. The second-order valence-electron chi connectivity index (χ2n) is 6.82. The maximum Gasteiger partial charge on any atom is 0.127 e. The van der Waals surface area contributed by atoms with Crippen molar-refractivity contribution in [2.45, 2.75) is 77.5 Å². The quantitative estimate of drug-likeness (QED) is 0.842. The van der Waals surface area contributed by atoms with Gasteiger partial charge in [0.1, 0.15) is 5.75 Å². The maximum atomic E-state index is 6.25. The highest BCUT2D eigenvalue weighted by Crippen LogP contribution is 2.25. The zero-order valence-electron chi connectivity index (χ0n) is 13.1. The van der Waals surface area contributed by atoms with Gasteiger partial charge in [-0.2, -0.15) is 0 Å². The molecule has 2 rings (SSSR count). The molecule has 0 aromatic carbocycles. The third-order valence-electron chi connectivity index (χ3n) is 3.76. The van der Waals surface area contributed by atoms with Crippen molar-refractivity contribution in [1.82, 2.24) is 10.3 Å². The minimum atomic E-state index is 0.107. The van der Waals surface area contributed by atoms with Gasteiger partial charge in [0.05, 0.1) is 6.10 Å². The zero-order chi connectivity index (χ0) is 14.4. The van der Waals surface area contributed by atoms with E-state index in [2.05, 4.69) is 31.1 Å². The molecule has 0 bridgehead atoms. The summed E-state index contributed by atoms with van der Waals surface area (Å²) in [5.74, 6) is 1.00. The summed E-state index contributed by atoms with van der Waals surface area (Å²) in [6.07, 6.45) is 11.8. The van der Waals surface area contributed by atoms with Gasteiger partial charge in [0.25, 0.3) is 0 Å². The van der Waals surface area contributed by atoms with E-state index >= 15 is 0 Å². The highest BCUT2D eigenvalue weighted by molar-refractivity contribution is 5.30. The van der Waals surface area contributed by atoms with Gasteiger partial charge >= 0.3 is 0 Å². The van der Waals surface area contributed by atoms with Crippen LogP contribution >= 0.6 is 0 Å². The van der Waals surface area contributed by atoms with Crippen LogP contribution in [-0.2, 0) is 6.54 Å². The van der Waals surface area contributed by atoms with E-state index in [4.69, 9.17) is 4.74 Å². The Morgan fingerprint density at radius 1 is 1.20 bits per heavy atom. The van der Waals surface area contributed by atoms with Crippen molar-refractivity contribution in [3.8, 4) is 5.75 Å².